The molecule has 1 amide bonds. The molecule has 88 valence electrons. The molecule has 16 heavy (non-hydrogen) atoms. The first-order valence-corrected chi connectivity index (χ1v) is 5.24. The van der Waals surface area contributed by atoms with E-state index in [0.29, 0.717) is 5.75 Å². The van der Waals surface area contributed by atoms with Crippen LogP contribution in [0.25, 0.3) is 0 Å². The van der Waals surface area contributed by atoms with Crippen molar-refractivity contribution in [3.8, 4) is 5.75 Å². The summed E-state index contributed by atoms with van der Waals surface area (Å²) < 4.78 is 5.37. The number of ether oxygens (including phenoxy) is 1. The molecule has 1 atom stereocenters. The normalized spacial score (nSPS) is 12.0. The maximum atomic E-state index is 11.0. The molecule has 0 bridgehead atoms. The highest BCUT2D eigenvalue weighted by Crippen LogP contribution is 2.21. The number of hydrogen-bond donors (Lipinski definition) is 2. The minimum absolute atomic E-state index is 0.00619. The minimum Gasteiger partial charge on any atom is -0.484 e. The monoisotopic (exact) mass is 222 g/mol. The van der Waals surface area contributed by atoms with E-state index in [2.05, 4.69) is 5.32 Å². The van der Waals surface area contributed by atoms with Crippen molar-refractivity contribution >= 4 is 5.91 Å². The van der Waals surface area contributed by atoms with Crippen LogP contribution in [0.2, 0.25) is 0 Å². The SMILES string of the molecule is CNC(=O)COc1ccc(C(C)N)cc1C. The average molecular weight is 222 g/mol. The van der Waals surface area contributed by atoms with Gasteiger partial charge in [-0.25, -0.2) is 0 Å². The molecule has 0 aliphatic rings. The molecule has 1 rings (SSSR count). The van der Waals surface area contributed by atoms with Crippen molar-refractivity contribution in [1.82, 2.24) is 5.32 Å². The lowest BCUT2D eigenvalue weighted by Gasteiger charge is -2.11. The number of aryl methyl sites for hydroxylation is 1. The smallest absolute Gasteiger partial charge is 0.257 e. The molecule has 0 fully saturated rings. The van der Waals surface area contributed by atoms with Gasteiger partial charge in [0.2, 0.25) is 0 Å². The first kappa shape index (κ1) is 12.5. The van der Waals surface area contributed by atoms with Gasteiger partial charge in [-0.05, 0) is 31.0 Å². The number of benzene rings is 1. The molecule has 4 nitrogen and oxygen atoms in total. The molecule has 0 radical (unpaired) electrons. The van der Waals surface area contributed by atoms with Gasteiger partial charge < -0.3 is 15.8 Å². The molecule has 4 heteroatoms. The van der Waals surface area contributed by atoms with Crippen molar-refractivity contribution in [2.45, 2.75) is 19.9 Å². The third-order valence-electron chi connectivity index (χ3n) is 2.36. The zero-order valence-electron chi connectivity index (χ0n) is 9.91. The zero-order chi connectivity index (χ0) is 12.1. The van der Waals surface area contributed by atoms with Crippen molar-refractivity contribution in [3.05, 3.63) is 29.3 Å². The maximum absolute atomic E-state index is 11.0. The van der Waals surface area contributed by atoms with E-state index in [0.717, 1.165) is 11.1 Å². The highest BCUT2D eigenvalue weighted by molar-refractivity contribution is 5.77. The fourth-order valence-electron chi connectivity index (χ4n) is 1.33. The fourth-order valence-corrected chi connectivity index (χ4v) is 1.33. The lowest BCUT2D eigenvalue weighted by atomic mass is 10.1. The molecule has 0 aliphatic heterocycles. The van der Waals surface area contributed by atoms with Gasteiger partial charge in [-0.3, -0.25) is 4.79 Å². The third kappa shape index (κ3) is 3.24. The lowest BCUT2D eigenvalue weighted by Crippen LogP contribution is -2.25. The third-order valence-corrected chi connectivity index (χ3v) is 2.36. The van der Waals surface area contributed by atoms with Gasteiger partial charge >= 0.3 is 0 Å². The number of amides is 1. The van der Waals surface area contributed by atoms with E-state index >= 15 is 0 Å². The van der Waals surface area contributed by atoms with E-state index in [1.54, 1.807) is 7.05 Å². The Labute approximate surface area is 95.8 Å². The van der Waals surface area contributed by atoms with Crippen molar-refractivity contribution in [2.75, 3.05) is 13.7 Å². The van der Waals surface area contributed by atoms with Crippen LogP contribution in [0.5, 0.6) is 5.75 Å². The number of likely N-dealkylation sites (N-methyl/N-ethyl adjacent to an activating group) is 1. The van der Waals surface area contributed by atoms with Crippen molar-refractivity contribution in [2.24, 2.45) is 5.73 Å². The Morgan fingerprint density at radius 1 is 1.56 bits per heavy atom. The van der Waals surface area contributed by atoms with Gasteiger partial charge in [0.1, 0.15) is 5.75 Å². The number of hydrogen-bond acceptors (Lipinski definition) is 3. The summed E-state index contributed by atoms with van der Waals surface area (Å²) in [6.07, 6.45) is 0. The van der Waals surface area contributed by atoms with Gasteiger partial charge in [0.25, 0.3) is 5.91 Å². The quantitative estimate of drug-likeness (QED) is 0.803. The van der Waals surface area contributed by atoms with Crippen LogP contribution >= 0.6 is 0 Å². The summed E-state index contributed by atoms with van der Waals surface area (Å²) in [5.74, 6) is 0.573. The molecule has 1 aromatic rings. The molecular formula is C12H18N2O2. The first-order chi connectivity index (χ1) is 7.54. The van der Waals surface area contributed by atoms with Gasteiger partial charge in [-0.15, -0.1) is 0 Å². The van der Waals surface area contributed by atoms with Crippen molar-refractivity contribution in [3.63, 3.8) is 0 Å². The highest BCUT2D eigenvalue weighted by atomic mass is 16.5. The molecule has 0 saturated carbocycles. The van der Waals surface area contributed by atoms with Crippen LogP contribution in [0.15, 0.2) is 18.2 Å². The summed E-state index contributed by atoms with van der Waals surface area (Å²) >= 11 is 0. The number of nitrogens with two attached hydrogens (primary N) is 1. The Morgan fingerprint density at radius 2 is 2.25 bits per heavy atom. The summed E-state index contributed by atoms with van der Waals surface area (Å²) in [4.78, 5) is 11.0. The predicted octanol–water partition coefficient (Wildman–Crippen LogP) is 1.14. The molecule has 0 heterocycles. The summed E-state index contributed by atoms with van der Waals surface area (Å²) in [6, 6.07) is 5.74. The predicted molar refractivity (Wildman–Crippen MR) is 63.3 cm³/mol. The Hall–Kier alpha value is -1.55. The van der Waals surface area contributed by atoms with E-state index in [9.17, 15) is 4.79 Å². The zero-order valence-corrected chi connectivity index (χ0v) is 9.91. The fraction of sp³-hybridized carbons (Fsp3) is 0.417. The van der Waals surface area contributed by atoms with Gasteiger partial charge in [-0.1, -0.05) is 12.1 Å². The van der Waals surface area contributed by atoms with Gasteiger partial charge in [0.05, 0.1) is 0 Å². The second-order valence-corrected chi connectivity index (χ2v) is 3.78. The summed E-state index contributed by atoms with van der Waals surface area (Å²) in [7, 11) is 1.58. The van der Waals surface area contributed by atoms with Gasteiger partial charge in [0.15, 0.2) is 6.61 Å². The van der Waals surface area contributed by atoms with Crippen LogP contribution in [0.3, 0.4) is 0 Å². The van der Waals surface area contributed by atoms with E-state index < -0.39 is 0 Å². The molecular weight excluding hydrogens is 204 g/mol. The summed E-state index contributed by atoms with van der Waals surface area (Å²) in [5.41, 5.74) is 7.82. The molecule has 0 spiro atoms. The second kappa shape index (κ2) is 5.51. The minimum atomic E-state index is -0.143. The van der Waals surface area contributed by atoms with E-state index in [1.165, 1.54) is 0 Å². The molecule has 0 aromatic heterocycles. The maximum Gasteiger partial charge on any atom is 0.257 e. The van der Waals surface area contributed by atoms with Crippen LogP contribution in [-0.2, 0) is 4.79 Å². The number of rotatable bonds is 4. The van der Waals surface area contributed by atoms with Crippen molar-refractivity contribution in [1.29, 1.82) is 0 Å². The summed E-state index contributed by atoms with van der Waals surface area (Å²) in [5, 5.41) is 2.50. The number of nitrogens with one attached hydrogen (secondary N) is 1. The van der Waals surface area contributed by atoms with Crippen LogP contribution in [-0.4, -0.2) is 19.6 Å². The molecule has 1 unspecified atom stereocenters. The van der Waals surface area contributed by atoms with Crippen LogP contribution in [0.4, 0.5) is 0 Å². The number of carbonyl (C=O) groups excluding carboxylic acids is 1. The van der Waals surface area contributed by atoms with Crippen LogP contribution < -0.4 is 15.8 Å². The van der Waals surface area contributed by atoms with Gasteiger partial charge in [0, 0.05) is 13.1 Å². The van der Waals surface area contributed by atoms with Crippen molar-refractivity contribution < 1.29 is 9.53 Å². The van der Waals surface area contributed by atoms with Crippen LogP contribution in [0.1, 0.15) is 24.1 Å². The average Bonchev–Trinajstić information content (AvgIpc) is 2.26. The first-order valence-electron chi connectivity index (χ1n) is 5.24. The van der Waals surface area contributed by atoms with E-state index in [4.69, 9.17) is 10.5 Å². The van der Waals surface area contributed by atoms with Gasteiger partial charge in [-0.2, -0.15) is 0 Å². The number of carbonyl (C=O) groups is 1. The standard InChI is InChI=1S/C12H18N2O2/c1-8-6-10(9(2)13)4-5-11(8)16-7-12(15)14-3/h4-6,9H,7,13H2,1-3H3,(H,14,15). The second-order valence-electron chi connectivity index (χ2n) is 3.78. The Balaban J connectivity index is 2.72. The van der Waals surface area contributed by atoms with E-state index in [-0.39, 0.29) is 18.6 Å². The van der Waals surface area contributed by atoms with E-state index in [1.807, 2.05) is 32.0 Å². The molecule has 1 aromatic carbocycles. The highest BCUT2D eigenvalue weighted by Gasteiger charge is 2.05. The molecule has 0 saturated heterocycles. The summed E-state index contributed by atoms with van der Waals surface area (Å²) in [6.45, 7) is 3.90. The Morgan fingerprint density at radius 3 is 2.75 bits per heavy atom. The Bertz CT molecular complexity index is 375. The lowest BCUT2D eigenvalue weighted by molar-refractivity contribution is -0.122. The topological polar surface area (TPSA) is 64.3 Å². The molecule has 0 aliphatic carbocycles. The largest absolute Gasteiger partial charge is 0.484 e. The Kier molecular flexibility index (Phi) is 4.31. The molecule has 3 N–H and O–H groups in total. The van der Waals surface area contributed by atoms with Crippen LogP contribution in [0, 0.1) is 6.92 Å².